The third kappa shape index (κ3) is 8.37. The van der Waals surface area contributed by atoms with Crippen LogP contribution in [-0.2, 0) is 0 Å². The average Bonchev–Trinajstić information content (AvgIpc) is 2.36. The Balaban J connectivity index is 0.00000361. The van der Waals surface area contributed by atoms with Crippen LogP contribution in [0.15, 0.2) is 35.3 Å². The molecule has 0 bridgehead atoms. The molecule has 0 heterocycles. The van der Waals surface area contributed by atoms with Crippen molar-refractivity contribution in [3.63, 3.8) is 0 Å². The van der Waals surface area contributed by atoms with Crippen LogP contribution in [-0.4, -0.2) is 23.2 Å². The molecule has 0 aliphatic rings. The number of hydrogen-bond donors (Lipinski definition) is 3. The van der Waals surface area contributed by atoms with E-state index >= 15 is 0 Å². The maximum atomic E-state index is 10.2. The van der Waals surface area contributed by atoms with Gasteiger partial charge in [0.2, 0.25) is 0 Å². The molecule has 114 valence electrons. The zero-order valence-electron chi connectivity index (χ0n) is 12.5. The number of halogens is 1. The smallest absolute Gasteiger partial charge is 0.193 e. The van der Waals surface area contributed by atoms with E-state index in [0.717, 1.165) is 18.5 Å². The van der Waals surface area contributed by atoms with E-state index in [2.05, 4.69) is 24.2 Å². The van der Waals surface area contributed by atoms with Gasteiger partial charge in [0.15, 0.2) is 5.96 Å². The lowest BCUT2D eigenvalue weighted by Gasteiger charge is -2.22. The molecule has 4 nitrogen and oxygen atoms in total. The molecular formula is C15H26IN3O. The van der Waals surface area contributed by atoms with Gasteiger partial charge >= 0.3 is 0 Å². The fourth-order valence-corrected chi connectivity index (χ4v) is 1.64. The first-order chi connectivity index (χ1) is 8.89. The van der Waals surface area contributed by atoms with Crippen LogP contribution >= 0.6 is 24.0 Å². The van der Waals surface area contributed by atoms with Crippen LogP contribution < -0.4 is 11.1 Å². The van der Waals surface area contributed by atoms with Crippen LogP contribution in [0.1, 0.15) is 33.6 Å². The van der Waals surface area contributed by atoms with Crippen molar-refractivity contribution >= 4 is 35.6 Å². The van der Waals surface area contributed by atoms with Gasteiger partial charge in [0.25, 0.3) is 0 Å². The molecule has 1 unspecified atom stereocenters. The van der Waals surface area contributed by atoms with Crippen LogP contribution in [0.2, 0.25) is 0 Å². The van der Waals surface area contributed by atoms with Gasteiger partial charge in [-0.05, 0) is 37.8 Å². The second-order valence-corrected chi connectivity index (χ2v) is 5.62. The van der Waals surface area contributed by atoms with Gasteiger partial charge in [0.05, 0.1) is 12.1 Å². The second-order valence-electron chi connectivity index (χ2n) is 5.62. The van der Waals surface area contributed by atoms with Crippen LogP contribution in [0.3, 0.4) is 0 Å². The summed E-state index contributed by atoms with van der Waals surface area (Å²) in [5, 5.41) is 13.2. The standard InChI is InChI=1S/C15H25N3O.HI/c1-12(2)9-10-15(3,19)11-17-14(16)18-13-7-5-4-6-8-13;/h4-8,12,19H,9-11H2,1-3H3,(H3,16,17,18);1H. The van der Waals surface area contributed by atoms with Gasteiger partial charge in [-0.3, -0.25) is 4.99 Å². The average molecular weight is 391 g/mol. The predicted molar refractivity (Wildman–Crippen MR) is 96.7 cm³/mol. The van der Waals surface area contributed by atoms with E-state index in [4.69, 9.17) is 5.73 Å². The van der Waals surface area contributed by atoms with Crippen LogP contribution in [0, 0.1) is 5.92 Å². The highest BCUT2D eigenvalue weighted by Gasteiger charge is 2.20. The molecule has 0 saturated heterocycles. The molecule has 0 spiro atoms. The van der Waals surface area contributed by atoms with Crippen molar-refractivity contribution in [3.8, 4) is 0 Å². The minimum Gasteiger partial charge on any atom is -0.388 e. The largest absolute Gasteiger partial charge is 0.388 e. The topological polar surface area (TPSA) is 70.6 Å². The number of aliphatic hydroxyl groups is 1. The Morgan fingerprint density at radius 2 is 1.95 bits per heavy atom. The van der Waals surface area contributed by atoms with Gasteiger partial charge in [-0.1, -0.05) is 32.0 Å². The number of anilines is 1. The van der Waals surface area contributed by atoms with Gasteiger partial charge in [-0.2, -0.15) is 0 Å². The Morgan fingerprint density at radius 3 is 2.50 bits per heavy atom. The minimum atomic E-state index is -0.798. The Morgan fingerprint density at radius 1 is 1.35 bits per heavy atom. The lowest BCUT2D eigenvalue weighted by molar-refractivity contribution is 0.0548. The van der Waals surface area contributed by atoms with Crippen molar-refractivity contribution < 1.29 is 5.11 Å². The summed E-state index contributed by atoms with van der Waals surface area (Å²) in [5.41, 5.74) is 5.89. The molecule has 20 heavy (non-hydrogen) atoms. The van der Waals surface area contributed by atoms with Gasteiger partial charge in [0.1, 0.15) is 0 Å². The second kappa shape index (κ2) is 9.18. The van der Waals surface area contributed by atoms with Crippen molar-refractivity contribution in [2.75, 3.05) is 11.9 Å². The lowest BCUT2D eigenvalue weighted by Crippen LogP contribution is -2.31. The maximum absolute atomic E-state index is 10.2. The number of nitrogens with two attached hydrogens (primary N) is 1. The summed E-state index contributed by atoms with van der Waals surface area (Å²) in [5.74, 6) is 0.909. The third-order valence-electron chi connectivity index (χ3n) is 2.90. The minimum absolute atomic E-state index is 0. The van der Waals surface area contributed by atoms with Crippen LogP contribution in [0.25, 0.3) is 0 Å². The summed E-state index contributed by atoms with van der Waals surface area (Å²) in [6, 6.07) is 9.62. The molecule has 4 N–H and O–H groups in total. The normalized spacial score (nSPS) is 14.6. The van der Waals surface area contributed by atoms with Crippen LogP contribution in [0.4, 0.5) is 5.69 Å². The quantitative estimate of drug-likeness (QED) is 0.396. The van der Waals surface area contributed by atoms with E-state index in [-0.39, 0.29) is 24.0 Å². The fraction of sp³-hybridized carbons (Fsp3) is 0.533. The van der Waals surface area contributed by atoms with Crippen molar-refractivity contribution in [2.45, 2.75) is 39.2 Å². The highest BCUT2D eigenvalue weighted by Crippen LogP contribution is 2.16. The third-order valence-corrected chi connectivity index (χ3v) is 2.90. The van der Waals surface area contributed by atoms with E-state index in [1.54, 1.807) is 6.92 Å². The zero-order chi connectivity index (χ0) is 14.3. The molecule has 0 aliphatic carbocycles. The number of rotatable bonds is 6. The molecular weight excluding hydrogens is 365 g/mol. The number of hydrogen-bond acceptors (Lipinski definition) is 2. The molecule has 1 atom stereocenters. The van der Waals surface area contributed by atoms with E-state index in [1.807, 2.05) is 30.3 Å². The Kier molecular flexibility index (Phi) is 8.80. The number of aliphatic imine (C=N–C) groups is 1. The summed E-state index contributed by atoms with van der Waals surface area (Å²) in [7, 11) is 0. The fourth-order valence-electron chi connectivity index (χ4n) is 1.64. The monoisotopic (exact) mass is 391 g/mol. The Labute approximate surface area is 138 Å². The van der Waals surface area contributed by atoms with E-state index in [0.29, 0.717) is 18.4 Å². The van der Waals surface area contributed by atoms with Crippen molar-refractivity contribution in [2.24, 2.45) is 16.6 Å². The van der Waals surface area contributed by atoms with Crippen molar-refractivity contribution in [1.29, 1.82) is 0 Å². The number of nitrogens with zero attached hydrogens (tertiary/aromatic N) is 1. The van der Waals surface area contributed by atoms with Gasteiger partial charge in [0, 0.05) is 5.69 Å². The Bertz CT molecular complexity index is 405. The molecule has 1 aromatic rings. The highest BCUT2D eigenvalue weighted by molar-refractivity contribution is 14.0. The highest BCUT2D eigenvalue weighted by atomic mass is 127. The van der Waals surface area contributed by atoms with E-state index in [9.17, 15) is 5.11 Å². The SMILES string of the molecule is CC(C)CCC(C)(O)CN=C(N)Nc1ccccc1.I. The van der Waals surface area contributed by atoms with E-state index < -0.39 is 5.60 Å². The zero-order valence-corrected chi connectivity index (χ0v) is 14.8. The maximum Gasteiger partial charge on any atom is 0.193 e. The van der Waals surface area contributed by atoms with Gasteiger partial charge < -0.3 is 16.2 Å². The Hall–Kier alpha value is -0.820. The van der Waals surface area contributed by atoms with Crippen LogP contribution in [0.5, 0.6) is 0 Å². The summed E-state index contributed by atoms with van der Waals surface area (Å²) < 4.78 is 0. The van der Waals surface area contributed by atoms with E-state index in [1.165, 1.54) is 0 Å². The molecule has 1 aromatic carbocycles. The van der Waals surface area contributed by atoms with Crippen molar-refractivity contribution in [3.05, 3.63) is 30.3 Å². The molecule has 0 radical (unpaired) electrons. The predicted octanol–water partition coefficient (Wildman–Crippen LogP) is 3.22. The number of benzene rings is 1. The summed E-state index contributed by atoms with van der Waals surface area (Å²) >= 11 is 0. The first-order valence-electron chi connectivity index (χ1n) is 6.73. The summed E-state index contributed by atoms with van der Waals surface area (Å²) in [6.07, 6.45) is 1.71. The number of guanidine groups is 1. The molecule has 0 amide bonds. The molecule has 1 rings (SSSR count). The first kappa shape index (κ1) is 19.2. The molecule has 0 aromatic heterocycles. The molecule has 5 heteroatoms. The summed E-state index contributed by atoms with van der Waals surface area (Å²) in [4.78, 5) is 4.20. The van der Waals surface area contributed by atoms with Gasteiger partial charge in [-0.25, -0.2) is 0 Å². The number of para-hydroxylation sites is 1. The number of nitrogens with one attached hydrogen (secondary N) is 1. The van der Waals surface area contributed by atoms with Crippen molar-refractivity contribution in [1.82, 2.24) is 0 Å². The first-order valence-corrected chi connectivity index (χ1v) is 6.73. The molecule has 0 fully saturated rings. The molecule has 0 saturated carbocycles. The summed E-state index contributed by atoms with van der Waals surface area (Å²) in [6.45, 7) is 6.40. The lowest BCUT2D eigenvalue weighted by atomic mass is 9.95. The van der Waals surface area contributed by atoms with Gasteiger partial charge in [-0.15, -0.1) is 24.0 Å². The molecule has 0 aliphatic heterocycles.